The first kappa shape index (κ1) is 17.1. The predicted octanol–water partition coefficient (Wildman–Crippen LogP) is 3.10. The Morgan fingerprint density at radius 1 is 1.39 bits per heavy atom. The van der Waals surface area contributed by atoms with Crippen molar-refractivity contribution in [1.82, 2.24) is 10.2 Å². The molecule has 2 aromatic rings. The van der Waals surface area contributed by atoms with E-state index in [9.17, 15) is 4.79 Å². The third-order valence-electron chi connectivity index (χ3n) is 3.89. The van der Waals surface area contributed by atoms with E-state index in [1.807, 2.05) is 32.0 Å². The molecule has 23 heavy (non-hydrogen) atoms. The highest BCUT2D eigenvalue weighted by Crippen LogP contribution is 2.31. The molecule has 0 aliphatic heterocycles. The summed E-state index contributed by atoms with van der Waals surface area (Å²) in [5.74, 6) is 1.53. The van der Waals surface area contributed by atoms with Crippen molar-refractivity contribution < 1.29 is 18.7 Å². The number of fused-ring (bicyclic) bond motifs is 1. The normalized spacial score (nSPS) is 12.2. The zero-order valence-electron chi connectivity index (χ0n) is 14.3. The monoisotopic (exact) mass is 320 g/mol. The lowest BCUT2D eigenvalue weighted by atomic mass is 10.1. The molecule has 2 amide bonds. The van der Waals surface area contributed by atoms with Crippen molar-refractivity contribution in [1.29, 1.82) is 0 Å². The average Bonchev–Trinajstić information content (AvgIpc) is 2.88. The van der Waals surface area contributed by atoms with E-state index in [-0.39, 0.29) is 12.1 Å². The highest BCUT2D eigenvalue weighted by molar-refractivity contribution is 5.84. The first-order valence-corrected chi connectivity index (χ1v) is 7.55. The van der Waals surface area contributed by atoms with Crippen molar-refractivity contribution in [2.24, 2.45) is 0 Å². The second-order valence-corrected chi connectivity index (χ2v) is 5.54. The zero-order valence-corrected chi connectivity index (χ0v) is 14.3. The molecule has 1 aromatic carbocycles. The minimum Gasteiger partial charge on any atom is -0.497 e. The summed E-state index contributed by atoms with van der Waals surface area (Å²) in [4.78, 5) is 13.7. The summed E-state index contributed by atoms with van der Waals surface area (Å²) in [6, 6.07) is 5.29. The van der Waals surface area contributed by atoms with Gasteiger partial charge in [-0.2, -0.15) is 0 Å². The maximum atomic E-state index is 12.2. The number of ether oxygens (including phenoxy) is 2. The Morgan fingerprint density at radius 3 is 2.78 bits per heavy atom. The topological polar surface area (TPSA) is 63.9 Å². The molecule has 1 N–H and O–H groups in total. The molecule has 0 spiro atoms. The smallest absolute Gasteiger partial charge is 0.317 e. The van der Waals surface area contributed by atoms with Gasteiger partial charge in [-0.25, -0.2) is 4.79 Å². The van der Waals surface area contributed by atoms with Gasteiger partial charge in [0.25, 0.3) is 0 Å². The summed E-state index contributed by atoms with van der Waals surface area (Å²) in [5, 5.41) is 3.94. The lowest BCUT2D eigenvalue weighted by molar-refractivity contribution is 0.158. The summed E-state index contributed by atoms with van der Waals surface area (Å²) in [6.45, 7) is 4.93. The first-order valence-electron chi connectivity index (χ1n) is 7.55. The van der Waals surface area contributed by atoms with Gasteiger partial charge in [-0.05, 0) is 32.0 Å². The van der Waals surface area contributed by atoms with Crippen molar-refractivity contribution in [2.45, 2.75) is 19.9 Å². The number of benzene rings is 1. The van der Waals surface area contributed by atoms with Gasteiger partial charge in [0.1, 0.15) is 17.1 Å². The van der Waals surface area contributed by atoms with Gasteiger partial charge in [0.05, 0.1) is 19.8 Å². The van der Waals surface area contributed by atoms with Gasteiger partial charge >= 0.3 is 6.03 Å². The van der Waals surface area contributed by atoms with Crippen molar-refractivity contribution in [3.05, 3.63) is 29.5 Å². The number of methoxy groups -OCH3 is 2. The number of carbonyl (C=O) groups is 1. The standard InChI is InChI=1S/C17H24N2O4/c1-11-14-10-13(22-5)6-7-15(14)23-16(11)12(2)18-17(20)19(3)8-9-21-4/h6-7,10,12H,8-9H2,1-5H3,(H,18,20)/t12-/m0/s1. The Kier molecular flexibility index (Phi) is 5.50. The molecular formula is C17H24N2O4. The molecule has 1 heterocycles. The third-order valence-corrected chi connectivity index (χ3v) is 3.89. The highest BCUT2D eigenvalue weighted by Gasteiger charge is 2.20. The van der Waals surface area contributed by atoms with Crippen LogP contribution >= 0.6 is 0 Å². The molecule has 0 bridgehead atoms. The number of hydrogen-bond donors (Lipinski definition) is 1. The van der Waals surface area contributed by atoms with Crippen molar-refractivity contribution in [3.63, 3.8) is 0 Å². The van der Waals surface area contributed by atoms with Gasteiger partial charge in [0.2, 0.25) is 0 Å². The largest absolute Gasteiger partial charge is 0.497 e. The fourth-order valence-corrected chi connectivity index (χ4v) is 2.45. The van der Waals surface area contributed by atoms with Crippen LogP contribution in [0.25, 0.3) is 11.0 Å². The quantitative estimate of drug-likeness (QED) is 0.888. The van der Waals surface area contributed by atoms with E-state index in [1.165, 1.54) is 0 Å². The van der Waals surface area contributed by atoms with Gasteiger partial charge in [0, 0.05) is 31.7 Å². The van der Waals surface area contributed by atoms with Gasteiger partial charge in [0.15, 0.2) is 0 Å². The van der Waals surface area contributed by atoms with Crippen LogP contribution in [0.5, 0.6) is 5.75 Å². The summed E-state index contributed by atoms with van der Waals surface area (Å²) >= 11 is 0. The van der Waals surface area contributed by atoms with Crippen molar-refractivity contribution in [3.8, 4) is 5.75 Å². The number of aryl methyl sites for hydroxylation is 1. The van der Waals surface area contributed by atoms with E-state index < -0.39 is 0 Å². The van der Waals surface area contributed by atoms with Gasteiger partial charge in [-0.3, -0.25) is 0 Å². The zero-order chi connectivity index (χ0) is 17.0. The minimum atomic E-state index is -0.231. The molecule has 6 nitrogen and oxygen atoms in total. The molecule has 0 fully saturated rings. The SMILES string of the molecule is COCCN(C)C(=O)N[C@@H](C)c1oc2ccc(OC)cc2c1C. The van der Waals surface area contributed by atoms with Crippen LogP contribution < -0.4 is 10.1 Å². The predicted molar refractivity (Wildman–Crippen MR) is 89.0 cm³/mol. The second-order valence-electron chi connectivity index (χ2n) is 5.54. The number of nitrogens with zero attached hydrogens (tertiary/aromatic N) is 1. The first-order chi connectivity index (χ1) is 11.0. The Hall–Kier alpha value is -2.21. The molecule has 0 saturated carbocycles. The lowest BCUT2D eigenvalue weighted by Gasteiger charge is -2.20. The highest BCUT2D eigenvalue weighted by atomic mass is 16.5. The van der Waals surface area contributed by atoms with Crippen LogP contribution in [0.1, 0.15) is 24.3 Å². The maximum absolute atomic E-state index is 12.2. The fraction of sp³-hybridized carbons (Fsp3) is 0.471. The van der Waals surface area contributed by atoms with Crippen LogP contribution in [-0.4, -0.2) is 45.3 Å². The van der Waals surface area contributed by atoms with E-state index in [1.54, 1.807) is 26.2 Å². The van der Waals surface area contributed by atoms with E-state index in [0.717, 1.165) is 28.0 Å². The number of likely N-dealkylation sites (N-methyl/N-ethyl adjacent to an activating group) is 1. The Bertz CT molecular complexity index is 681. The van der Waals surface area contributed by atoms with E-state index >= 15 is 0 Å². The van der Waals surface area contributed by atoms with Crippen molar-refractivity contribution in [2.75, 3.05) is 34.4 Å². The average molecular weight is 320 g/mol. The Labute approximate surface area is 136 Å². The fourth-order valence-electron chi connectivity index (χ4n) is 2.45. The Morgan fingerprint density at radius 2 is 2.13 bits per heavy atom. The Balaban J connectivity index is 2.16. The molecule has 0 saturated heterocycles. The van der Waals surface area contributed by atoms with Crippen LogP contribution in [-0.2, 0) is 4.74 Å². The second kappa shape index (κ2) is 7.37. The number of hydrogen-bond acceptors (Lipinski definition) is 4. The van der Waals surface area contributed by atoms with Gasteiger partial charge in [-0.15, -0.1) is 0 Å². The van der Waals surface area contributed by atoms with Crippen molar-refractivity contribution >= 4 is 17.0 Å². The molecule has 0 radical (unpaired) electrons. The van der Waals surface area contributed by atoms with E-state index in [2.05, 4.69) is 5.32 Å². The molecule has 2 rings (SSSR count). The maximum Gasteiger partial charge on any atom is 0.317 e. The molecule has 6 heteroatoms. The van der Waals surface area contributed by atoms with Crippen LogP contribution in [0.15, 0.2) is 22.6 Å². The molecule has 1 aromatic heterocycles. The van der Waals surface area contributed by atoms with Crippen LogP contribution in [0, 0.1) is 6.92 Å². The van der Waals surface area contributed by atoms with Crippen LogP contribution in [0.4, 0.5) is 4.79 Å². The van der Waals surface area contributed by atoms with E-state index in [0.29, 0.717) is 13.2 Å². The minimum absolute atomic E-state index is 0.160. The lowest BCUT2D eigenvalue weighted by Crippen LogP contribution is -2.40. The summed E-state index contributed by atoms with van der Waals surface area (Å²) in [5.41, 5.74) is 1.79. The van der Waals surface area contributed by atoms with E-state index in [4.69, 9.17) is 13.9 Å². The van der Waals surface area contributed by atoms with Gasteiger partial charge in [-0.1, -0.05) is 0 Å². The number of carbonyl (C=O) groups excluding carboxylic acids is 1. The summed E-state index contributed by atoms with van der Waals surface area (Å²) in [7, 11) is 4.98. The summed E-state index contributed by atoms with van der Waals surface area (Å²) in [6.07, 6.45) is 0. The molecule has 0 aliphatic rings. The molecular weight excluding hydrogens is 296 g/mol. The van der Waals surface area contributed by atoms with Crippen LogP contribution in [0.2, 0.25) is 0 Å². The molecule has 126 valence electrons. The number of furan rings is 1. The number of rotatable bonds is 6. The van der Waals surface area contributed by atoms with Gasteiger partial charge < -0.3 is 24.1 Å². The molecule has 0 unspecified atom stereocenters. The van der Waals surface area contributed by atoms with Crippen LogP contribution in [0.3, 0.4) is 0 Å². The molecule has 0 aliphatic carbocycles. The number of nitrogens with one attached hydrogen (secondary N) is 1. The summed E-state index contributed by atoms with van der Waals surface area (Å²) < 4.78 is 16.1. The number of urea groups is 1. The third kappa shape index (κ3) is 3.76. The number of amides is 2. The molecule has 1 atom stereocenters.